The number of benzene rings is 1. The molecule has 1 spiro atoms. The van der Waals surface area contributed by atoms with Gasteiger partial charge in [-0.25, -0.2) is 0 Å². The third-order valence-electron chi connectivity index (χ3n) is 4.88. The Labute approximate surface area is 120 Å². The van der Waals surface area contributed by atoms with E-state index < -0.39 is 0 Å². The number of rotatable bonds is 3. The Bertz CT molecular complexity index is 441. The second kappa shape index (κ2) is 5.35. The van der Waals surface area contributed by atoms with Gasteiger partial charge in [0.15, 0.2) is 5.79 Å². The van der Waals surface area contributed by atoms with Crippen molar-refractivity contribution in [1.82, 2.24) is 0 Å². The van der Waals surface area contributed by atoms with Gasteiger partial charge in [-0.2, -0.15) is 0 Å². The molecule has 20 heavy (non-hydrogen) atoms. The van der Waals surface area contributed by atoms with Crippen LogP contribution in [0, 0.1) is 0 Å². The Hall–Kier alpha value is -1.10. The molecule has 110 valence electrons. The Balaban J connectivity index is 1.78. The molecular weight excluding hydrogens is 254 g/mol. The first kappa shape index (κ1) is 13.9. The molecule has 1 aromatic carbocycles. The fraction of sp³-hybridized carbons (Fsp3) is 0.625. The molecule has 1 aromatic rings. The first-order valence-corrected chi connectivity index (χ1v) is 7.35. The van der Waals surface area contributed by atoms with E-state index >= 15 is 0 Å². The maximum Gasteiger partial charge on any atom is 0.168 e. The Kier molecular flexibility index (Phi) is 3.71. The standard InChI is InChI=1S/C16H23NO3/c1-18-14-4-2-13(3-5-14)15(12-17)6-8-16(9-7-15)19-10-11-20-16/h2-5H,6-12,17H2,1H3. The lowest BCUT2D eigenvalue weighted by Crippen LogP contribution is -2.45. The third kappa shape index (κ3) is 2.32. The molecule has 1 saturated heterocycles. The van der Waals surface area contributed by atoms with Gasteiger partial charge in [0.1, 0.15) is 5.75 Å². The smallest absolute Gasteiger partial charge is 0.168 e. The van der Waals surface area contributed by atoms with E-state index in [9.17, 15) is 0 Å². The van der Waals surface area contributed by atoms with E-state index in [1.807, 2.05) is 12.1 Å². The average Bonchev–Trinajstić information content (AvgIpc) is 2.97. The number of hydrogen-bond donors (Lipinski definition) is 1. The van der Waals surface area contributed by atoms with Gasteiger partial charge in [-0.3, -0.25) is 0 Å². The minimum absolute atomic E-state index is 0.0484. The van der Waals surface area contributed by atoms with Gasteiger partial charge >= 0.3 is 0 Å². The summed E-state index contributed by atoms with van der Waals surface area (Å²) in [4.78, 5) is 0. The van der Waals surface area contributed by atoms with Crippen LogP contribution >= 0.6 is 0 Å². The fourth-order valence-electron chi connectivity index (χ4n) is 3.45. The zero-order chi connectivity index (χ0) is 14.1. The van der Waals surface area contributed by atoms with Gasteiger partial charge in [0.25, 0.3) is 0 Å². The zero-order valence-electron chi connectivity index (χ0n) is 12.1. The molecule has 2 aliphatic rings. The predicted molar refractivity (Wildman–Crippen MR) is 76.8 cm³/mol. The lowest BCUT2D eigenvalue weighted by molar-refractivity contribution is -0.184. The second-order valence-electron chi connectivity index (χ2n) is 5.82. The van der Waals surface area contributed by atoms with Gasteiger partial charge in [-0.15, -0.1) is 0 Å². The molecule has 4 heteroatoms. The van der Waals surface area contributed by atoms with Crippen LogP contribution in [0.5, 0.6) is 5.75 Å². The highest BCUT2D eigenvalue weighted by Crippen LogP contribution is 2.46. The predicted octanol–water partition coefficient (Wildman–Crippen LogP) is 2.21. The summed E-state index contributed by atoms with van der Waals surface area (Å²) in [6.07, 6.45) is 3.87. The Morgan fingerprint density at radius 3 is 2.15 bits per heavy atom. The minimum Gasteiger partial charge on any atom is -0.497 e. The summed E-state index contributed by atoms with van der Waals surface area (Å²) in [5, 5.41) is 0. The maximum absolute atomic E-state index is 6.12. The van der Waals surface area contributed by atoms with Crippen molar-refractivity contribution in [2.45, 2.75) is 36.9 Å². The van der Waals surface area contributed by atoms with E-state index in [-0.39, 0.29) is 11.2 Å². The summed E-state index contributed by atoms with van der Waals surface area (Å²) in [6, 6.07) is 8.31. The van der Waals surface area contributed by atoms with Gasteiger partial charge in [0.2, 0.25) is 0 Å². The average molecular weight is 277 g/mol. The third-order valence-corrected chi connectivity index (χ3v) is 4.88. The van der Waals surface area contributed by atoms with Crippen molar-refractivity contribution in [3.05, 3.63) is 29.8 Å². The first-order valence-electron chi connectivity index (χ1n) is 7.35. The van der Waals surface area contributed by atoms with E-state index in [1.54, 1.807) is 7.11 Å². The molecule has 0 atom stereocenters. The number of methoxy groups -OCH3 is 1. The zero-order valence-corrected chi connectivity index (χ0v) is 12.1. The number of nitrogens with two attached hydrogens (primary N) is 1. The minimum atomic E-state index is -0.328. The van der Waals surface area contributed by atoms with Crippen LogP contribution < -0.4 is 10.5 Å². The molecule has 2 N–H and O–H groups in total. The van der Waals surface area contributed by atoms with Gasteiger partial charge in [0.05, 0.1) is 20.3 Å². The van der Waals surface area contributed by atoms with Gasteiger partial charge in [-0.1, -0.05) is 12.1 Å². The molecule has 1 aliphatic carbocycles. The fourth-order valence-corrected chi connectivity index (χ4v) is 3.45. The Morgan fingerprint density at radius 1 is 1.05 bits per heavy atom. The normalized spacial score (nSPS) is 23.9. The van der Waals surface area contributed by atoms with E-state index in [0.29, 0.717) is 6.54 Å². The van der Waals surface area contributed by atoms with Crippen LogP contribution in [0.3, 0.4) is 0 Å². The van der Waals surface area contributed by atoms with E-state index in [4.69, 9.17) is 19.9 Å². The van der Waals surface area contributed by atoms with E-state index in [0.717, 1.165) is 44.6 Å². The van der Waals surface area contributed by atoms with E-state index in [1.165, 1.54) is 5.56 Å². The summed E-state index contributed by atoms with van der Waals surface area (Å²) >= 11 is 0. The molecule has 1 heterocycles. The van der Waals surface area contributed by atoms with Crippen molar-refractivity contribution in [1.29, 1.82) is 0 Å². The quantitative estimate of drug-likeness (QED) is 0.920. The van der Waals surface area contributed by atoms with Gasteiger partial charge in [-0.05, 0) is 30.5 Å². The highest BCUT2D eigenvalue weighted by atomic mass is 16.7. The molecular formula is C16H23NO3. The molecule has 0 radical (unpaired) electrons. The van der Waals surface area contributed by atoms with Crippen LogP contribution in [0.4, 0.5) is 0 Å². The number of ether oxygens (including phenoxy) is 3. The van der Waals surface area contributed by atoms with Crippen LogP contribution in [0.1, 0.15) is 31.2 Å². The van der Waals surface area contributed by atoms with Crippen molar-refractivity contribution in [2.24, 2.45) is 5.73 Å². The van der Waals surface area contributed by atoms with Crippen LogP contribution in [0.15, 0.2) is 24.3 Å². The van der Waals surface area contributed by atoms with Crippen LogP contribution in [0.25, 0.3) is 0 Å². The molecule has 0 bridgehead atoms. The van der Waals surface area contributed by atoms with E-state index in [2.05, 4.69) is 12.1 Å². The van der Waals surface area contributed by atoms with Crippen LogP contribution in [0.2, 0.25) is 0 Å². The molecule has 1 aliphatic heterocycles. The van der Waals surface area contributed by atoms with Crippen molar-refractivity contribution in [2.75, 3.05) is 26.9 Å². The molecule has 2 fully saturated rings. The summed E-state index contributed by atoms with van der Waals surface area (Å²) < 4.78 is 16.8. The van der Waals surface area contributed by atoms with Gasteiger partial charge in [0, 0.05) is 24.8 Å². The summed E-state index contributed by atoms with van der Waals surface area (Å²) in [5.41, 5.74) is 7.46. The molecule has 4 nitrogen and oxygen atoms in total. The lowest BCUT2D eigenvalue weighted by Gasteiger charge is -2.43. The van der Waals surface area contributed by atoms with Crippen LogP contribution in [-0.4, -0.2) is 32.7 Å². The highest BCUT2D eigenvalue weighted by Gasteiger charge is 2.46. The van der Waals surface area contributed by atoms with Crippen molar-refractivity contribution in [3.8, 4) is 5.75 Å². The van der Waals surface area contributed by atoms with Crippen molar-refractivity contribution >= 4 is 0 Å². The Morgan fingerprint density at radius 2 is 1.65 bits per heavy atom. The summed E-state index contributed by atoms with van der Waals surface area (Å²) in [7, 11) is 1.69. The molecule has 0 unspecified atom stereocenters. The maximum atomic E-state index is 6.12. The van der Waals surface area contributed by atoms with Crippen molar-refractivity contribution < 1.29 is 14.2 Å². The lowest BCUT2D eigenvalue weighted by atomic mass is 9.68. The summed E-state index contributed by atoms with van der Waals surface area (Å²) in [5.74, 6) is 0.557. The largest absolute Gasteiger partial charge is 0.497 e. The van der Waals surface area contributed by atoms with Gasteiger partial charge < -0.3 is 19.9 Å². The van der Waals surface area contributed by atoms with Crippen LogP contribution in [-0.2, 0) is 14.9 Å². The first-order chi connectivity index (χ1) is 9.72. The summed E-state index contributed by atoms with van der Waals surface area (Å²) in [6.45, 7) is 2.10. The SMILES string of the molecule is COc1ccc(C2(CN)CCC3(CC2)OCCO3)cc1. The molecule has 0 amide bonds. The second-order valence-corrected chi connectivity index (χ2v) is 5.82. The number of hydrogen-bond acceptors (Lipinski definition) is 4. The molecule has 0 aromatic heterocycles. The molecule has 1 saturated carbocycles. The highest BCUT2D eigenvalue weighted by molar-refractivity contribution is 5.33. The topological polar surface area (TPSA) is 53.7 Å². The van der Waals surface area contributed by atoms with Crippen molar-refractivity contribution in [3.63, 3.8) is 0 Å². The monoisotopic (exact) mass is 277 g/mol. The molecule has 3 rings (SSSR count).